The first-order valence-corrected chi connectivity index (χ1v) is 24.2. The third-order valence-electron chi connectivity index (χ3n) is 13.4. The van der Waals surface area contributed by atoms with Crippen molar-refractivity contribution in [2.24, 2.45) is 0 Å². The van der Waals surface area contributed by atoms with Crippen molar-refractivity contribution < 1.29 is 0 Å². The van der Waals surface area contributed by atoms with Gasteiger partial charge in [-0.3, -0.25) is 0 Å². The number of benzene rings is 10. The van der Waals surface area contributed by atoms with Crippen LogP contribution in [-0.4, -0.2) is 15.0 Å². The zero-order valence-corrected chi connectivity index (χ0v) is 39.2. The largest absolute Gasteiger partial charge is 0.247 e. The number of allylic oxidation sites excluding steroid dienone is 3. The second kappa shape index (κ2) is 19.0. The van der Waals surface area contributed by atoms with Crippen LogP contribution in [0.25, 0.3) is 128 Å². The monoisotopic (exact) mass is 905 g/mol. The lowest BCUT2D eigenvalue weighted by Crippen LogP contribution is -1.96. The highest BCUT2D eigenvalue weighted by molar-refractivity contribution is 6.15. The summed E-state index contributed by atoms with van der Waals surface area (Å²) in [5.74, 6) is 0.680. The minimum atomic E-state index is 0.680. The smallest absolute Gasteiger partial charge is 0.160 e. The van der Waals surface area contributed by atoms with Crippen LogP contribution in [0.2, 0.25) is 0 Å². The summed E-state index contributed by atoms with van der Waals surface area (Å²) in [6.07, 6.45) is 8.51. The first-order valence-electron chi connectivity index (χ1n) is 24.2. The van der Waals surface area contributed by atoms with Crippen LogP contribution < -0.4 is 0 Å². The molecule has 2 heterocycles. The fraction of sp³-hybridized carbons (Fsp3) is 0.0147. The fourth-order valence-electron chi connectivity index (χ4n) is 9.71. The van der Waals surface area contributed by atoms with E-state index in [4.69, 9.17) is 15.0 Å². The molecule has 3 heteroatoms. The van der Waals surface area contributed by atoms with E-state index in [1.807, 2.05) is 19.1 Å². The number of nitrogens with zero attached hydrogens (tertiary/aromatic N) is 3. The molecule has 71 heavy (non-hydrogen) atoms. The third-order valence-corrected chi connectivity index (χ3v) is 13.4. The summed E-state index contributed by atoms with van der Waals surface area (Å²) in [5, 5.41) is 5.87. The van der Waals surface area contributed by atoms with Gasteiger partial charge in [0.15, 0.2) is 5.82 Å². The van der Waals surface area contributed by atoms with Crippen molar-refractivity contribution in [2.75, 3.05) is 0 Å². The summed E-state index contributed by atoms with van der Waals surface area (Å²) in [5.41, 5.74) is 18.2. The molecule has 12 rings (SSSR count). The van der Waals surface area contributed by atoms with Crippen molar-refractivity contribution in [3.8, 4) is 89.7 Å². The van der Waals surface area contributed by atoms with Gasteiger partial charge in [0.05, 0.1) is 22.6 Å². The first kappa shape index (κ1) is 43.0. The maximum atomic E-state index is 5.36. The van der Waals surface area contributed by atoms with Gasteiger partial charge in [0.1, 0.15) is 0 Å². The van der Waals surface area contributed by atoms with Crippen molar-refractivity contribution >= 4 is 38.5 Å². The van der Waals surface area contributed by atoms with E-state index in [9.17, 15) is 0 Å². The topological polar surface area (TPSA) is 38.7 Å². The van der Waals surface area contributed by atoms with E-state index >= 15 is 0 Å². The predicted molar refractivity (Wildman–Crippen MR) is 300 cm³/mol. The Kier molecular flexibility index (Phi) is 11.5. The van der Waals surface area contributed by atoms with Gasteiger partial charge in [-0.25, -0.2) is 15.0 Å². The van der Waals surface area contributed by atoms with Crippen LogP contribution in [-0.2, 0) is 0 Å². The Balaban J connectivity index is 0.896. The summed E-state index contributed by atoms with van der Waals surface area (Å²) in [4.78, 5) is 15.8. The Hall–Kier alpha value is -9.31. The molecule has 0 radical (unpaired) electrons. The van der Waals surface area contributed by atoms with Crippen LogP contribution in [0.5, 0.6) is 0 Å². The standard InChI is InChI=1S/C68H47N3/c1-2-3-6-21-58-43-60(44-62-66(58)61-22-13-14-23-63(61)69-67(62)59-41-34-48-19-11-12-20-57(48)42-59)53-26-24-51(25-27-53)52-32-39-56(40-33-52)68-70-64(54-35-28-49(29-36-54)46-15-7-4-8-16-46)45-65(71-68)55-37-30-50(31-38-55)47-17-9-5-10-18-47/h2-45H,1H3/b3-2-,21-6-. The molecule has 0 N–H and O–H groups in total. The van der Waals surface area contributed by atoms with E-state index in [1.54, 1.807) is 0 Å². The highest BCUT2D eigenvalue weighted by atomic mass is 14.9. The quantitative estimate of drug-likeness (QED) is 0.101. The molecular weight excluding hydrogens is 859 g/mol. The van der Waals surface area contributed by atoms with Gasteiger partial charge in [-0.2, -0.15) is 0 Å². The SMILES string of the molecule is C/C=C\C=C/c1cc(-c2ccc(-c3ccc(-c4nc(-c5ccc(-c6ccccc6)cc5)cc(-c5ccc(-c6ccccc6)cc5)n4)cc3)cc2)cc2c(-c3ccc4ccccc4c3)nc3ccccc3c12. The number of hydrogen-bond donors (Lipinski definition) is 0. The van der Waals surface area contributed by atoms with Gasteiger partial charge in [0, 0.05) is 38.4 Å². The van der Waals surface area contributed by atoms with Crippen LogP contribution in [0.4, 0.5) is 0 Å². The molecule has 3 nitrogen and oxygen atoms in total. The minimum absolute atomic E-state index is 0.680. The van der Waals surface area contributed by atoms with Crippen molar-refractivity contribution in [1.82, 2.24) is 15.0 Å². The van der Waals surface area contributed by atoms with Crippen molar-refractivity contribution in [2.45, 2.75) is 6.92 Å². The maximum absolute atomic E-state index is 5.36. The van der Waals surface area contributed by atoms with Crippen LogP contribution in [0.15, 0.2) is 261 Å². The van der Waals surface area contributed by atoms with Gasteiger partial charge in [-0.1, -0.05) is 237 Å². The zero-order chi connectivity index (χ0) is 47.5. The summed E-state index contributed by atoms with van der Waals surface area (Å²) >= 11 is 0. The molecule has 0 aliphatic rings. The molecule has 0 aliphatic heterocycles. The van der Waals surface area contributed by atoms with Gasteiger partial charge in [-0.05, 0) is 98.1 Å². The lowest BCUT2D eigenvalue weighted by Gasteiger charge is -2.15. The molecule has 0 aliphatic carbocycles. The Morgan fingerprint density at radius 2 is 0.775 bits per heavy atom. The van der Waals surface area contributed by atoms with Crippen molar-refractivity contribution in [3.63, 3.8) is 0 Å². The molecule has 0 saturated heterocycles. The van der Waals surface area contributed by atoms with Gasteiger partial charge in [0.25, 0.3) is 0 Å². The maximum Gasteiger partial charge on any atom is 0.160 e. The molecular formula is C68H47N3. The molecule has 334 valence electrons. The molecule has 2 aromatic heterocycles. The normalized spacial score (nSPS) is 11.6. The summed E-state index contributed by atoms with van der Waals surface area (Å²) in [6.45, 7) is 2.05. The zero-order valence-electron chi connectivity index (χ0n) is 39.2. The molecule has 10 aromatic carbocycles. The number of hydrogen-bond acceptors (Lipinski definition) is 3. The third kappa shape index (κ3) is 8.74. The second-order valence-corrected chi connectivity index (χ2v) is 17.9. The Bertz CT molecular complexity index is 3830. The second-order valence-electron chi connectivity index (χ2n) is 17.9. The van der Waals surface area contributed by atoms with Crippen LogP contribution >= 0.6 is 0 Å². The van der Waals surface area contributed by atoms with Gasteiger partial charge < -0.3 is 0 Å². The number of pyridine rings is 1. The summed E-state index contributed by atoms with van der Waals surface area (Å²) in [7, 11) is 0. The van der Waals surface area contributed by atoms with E-state index in [0.29, 0.717) is 5.82 Å². The lowest BCUT2D eigenvalue weighted by molar-refractivity contribution is 1.18. The van der Waals surface area contributed by atoms with Crippen LogP contribution in [0.1, 0.15) is 12.5 Å². The van der Waals surface area contributed by atoms with E-state index < -0.39 is 0 Å². The molecule has 0 spiro atoms. The van der Waals surface area contributed by atoms with E-state index in [2.05, 4.69) is 255 Å². The van der Waals surface area contributed by atoms with E-state index in [0.717, 1.165) is 83.4 Å². The Labute approximate surface area is 414 Å². The van der Waals surface area contributed by atoms with Gasteiger partial charge in [-0.15, -0.1) is 0 Å². The number of fused-ring (bicyclic) bond motifs is 4. The molecule has 0 atom stereocenters. The van der Waals surface area contributed by atoms with Crippen LogP contribution in [0.3, 0.4) is 0 Å². The Morgan fingerprint density at radius 1 is 0.310 bits per heavy atom. The molecule has 0 saturated carbocycles. The fourth-order valence-corrected chi connectivity index (χ4v) is 9.71. The number of rotatable bonds is 10. The van der Waals surface area contributed by atoms with Gasteiger partial charge >= 0.3 is 0 Å². The molecule has 0 unspecified atom stereocenters. The molecule has 0 fully saturated rings. The molecule has 0 amide bonds. The molecule has 12 aromatic rings. The number of para-hydroxylation sites is 1. The van der Waals surface area contributed by atoms with Gasteiger partial charge in [0.2, 0.25) is 0 Å². The Morgan fingerprint density at radius 3 is 1.35 bits per heavy atom. The summed E-state index contributed by atoms with van der Waals surface area (Å²) < 4.78 is 0. The number of aromatic nitrogens is 3. The average Bonchev–Trinajstić information content (AvgIpc) is 3.45. The minimum Gasteiger partial charge on any atom is -0.247 e. The highest BCUT2D eigenvalue weighted by Gasteiger charge is 2.17. The van der Waals surface area contributed by atoms with Crippen molar-refractivity contribution in [1.29, 1.82) is 0 Å². The predicted octanol–water partition coefficient (Wildman–Crippen LogP) is 18.3. The first-order chi connectivity index (χ1) is 35.1. The van der Waals surface area contributed by atoms with E-state index in [1.165, 1.54) is 38.4 Å². The molecule has 0 bridgehead atoms. The summed E-state index contributed by atoms with van der Waals surface area (Å²) in [6, 6.07) is 86.3. The average molecular weight is 906 g/mol. The van der Waals surface area contributed by atoms with Crippen molar-refractivity contribution in [3.05, 3.63) is 266 Å². The van der Waals surface area contributed by atoms with E-state index in [-0.39, 0.29) is 0 Å². The highest BCUT2D eigenvalue weighted by Crippen LogP contribution is 2.40. The van der Waals surface area contributed by atoms with Crippen LogP contribution in [0, 0.1) is 0 Å². The lowest BCUT2D eigenvalue weighted by atomic mass is 9.91.